The van der Waals surface area contributed by atoms with E-state index in [1.165, 1.54) is 0 Å². The van der Waals surface area contributed by atoms with E-state index in [-0.39, 0.29) is 5.91 Å². The smallest absolute Gasteiger partial charge is 0.222 e. The molecule has 6 nitrogen and oxygen atoms in total. The quantitative estimate of drug-likeness (QED) is 0.933. The van der Waals surface area contributed by atoms with Crippen LogP contribution < -0.4 is 0 Å². The number of nitrogens with zero attached hydrogens (tertiary/aromatic N) is 3. The largest absolute Gasteiger partial charge is 0.361 e. The zero-order valence-electron chi connectivity index (χ0n) is 12.4. The lowest BCUT2D eigenvalue weighted by Crippen LogP contribution is -2.28. The van der Waals surface area contributed by atoms with E-state index in [0.29, 0.717) is 18.8 Å². The Morgan fingerprint density at radius 3 is 3.05 bits per heavy atom. The van der Waals surface area contributed by atoms with Crippen molar-refractivity contribution in [1.29, 1.82) is 0 Å². The Morgan fingerprint density at radius 1 is 1.52 bits per heavy atom. The molecule has 2 aromatic heterocycles. The Bertz CT molecular complexity index is 598. The summed E-state index contributed by atoms with van der Waals surface area (Å²) in [4.78, 5) is 14.3. The molecule has 0 bridgehead atoms. The monoisotopic (exact) mass is 288 g/mol. The van der Waals surface area contributed by atoms with Crippen LogP contribution in [0.5, 0.6) is 0 Å². The Kier molecular flexibility index (Phi) is 3.77. The maximum Gasteiger partial charge on any atom is 0.222 e. The van der Waals surface area contributed by atoms with E-state index >= 15 is 0 Å². The summed E-state index contributed by atoms with van der Waals surface area (Å²) in [5, 5.41) is 10.9. The van der Waals surface area contributed by atoms with Crippen LogP contribution in [0.15, 0.2) is 16.8 Å². The predicted octanol–water partition coefficient (Wildman–Crippen LogP) is 1.96. The molecule has 3 rings (SSSR count). The van der Waals surface area contributed by atoms with E-state index in [1.807, 2.05) is 24.8 Å². The van der Waals surface area contributed by atoms with E-state index in [4.69, 9.17) is 4.52 Å². The number of aromatic amines is 1. The first kappa shape index (κ1) is 13.9. The molecular weight excluding hydrogens is 268 g/mol. The molecule has 1 saturated heterocycles. The highest BCUT2D eigenvalue weighted by molar-refractivity contribution is 5.77. The zero-order valence-corrected chi connectivity index (χ0v) is 12.4. The van der Waals surface area contributed by atoms with Crippen molar-refractivity contribution < 1.29 is 9.32 Å². The third-order valence-electron chi connectivity index (χ3n) is 4.27. The molecule has 112 valence electrons. The van der Waals surface area contributed by atoms with Gasteiger partial charge in [-0.2, -0.15) is 5.10 Å². The molecule has 1 N–H and O–H groups in total. The number of nitrogens with one attached hydrogen (secondary N) is 1. The standard InChI is InChI=1S/C15H20N4O2/c1-10-13(11(2)21-18-10)3-4-15(20)19-8-6-12(9-19)14-5-7-16-17-14/h5,7,12H,3-4,6,8-9H2,1-2H3,(H,16,17). The summed E-state index contributed by atoms with van der Waals surface area (Å²) >= 11 is 0. The molecule has 1 aliphatic rings. The summed E-state index contributed by atoms with van der Waals surface area (Å²) in [5.74, 6) is 1.41. The highest BCUT2D eigenvalue weighted by Crippen LogP contribution is 2.26. The van der Waals surface area contributed by atoms with Gasteiger partial charge in [0.25, 0.3) is 0 Å². The lowest BCUT2D eigenvalue weighted by atomic mass is 10.1. The number of carbonyl (C=O) groups excluding carboxylic acids is 1. The van der Waals surface area contributed by atoms with Crippen LogP contribution in [-0.4, -0.2) is 39.3 Å². The molecule has 0 aromatic carbocycles. The van der Waals surface area contributed by atoms with E-state index in [1.54, 1.807) is 6.20 Å². The van der Waals surface area contributed by atoms with Gasteiger partial charge in [-0.25, -0.2) is 0 Å². The summed E-state index contributed by atoms with van der Waals surface area (Å²) in [7, 11) is 0. The second-order valence-corrected chi connectivity index (χ2v) is 5.64. The fourth-order valence-corrected chi connectivity index (χ4v) is 2.98. The minimum absolute atomic E-state index is 0.206. The van der Waals surface area contributed by atoms with Gasteiger partial charge in [0.15, 0.2) is 0 Å². The molecule has 2 aromatic rings. The predicted molar refractivity (Wildman–Crippen MR) is 76.8 cm³/mol. The average molecular weight is 288 g/mol. The maximum atomic E-state index is 12.3. The molecule has 0 saturated carbocycles. The van der Waals surface area contributed by atoms with E-state index in [0.717, 1.165) is 42.2 Å². The molecule has 21 heavy (non-hydrogen) atoms. The first-order valence-corrected chi connectivity index (χ1v) is 7.34. The van der Waals surface area contributed by atoms with Gasteiger partial charge < -0.3 is 9.42 Å². The maximum absolute atomic E-state index is 12.3. The fraction of sp³-hybridized carbons (Fsp3) is 0.533. The molecule has 1 atom stereocenters. The van der Waals surface area contributed by atoms with Gasteiger partial charge >= 0.3 is 0 Å². The van der Waals surface area contributed by atoms with Crippen LogP contribution in [0.4, 0.5) is 0 Å². The van der Waals surface area contributed by atoms with Crippen LogP contribution in [0, 0.1) is 13.8 Å². The van der Waals surface area contributed by atoms with Crippen molar-refractivity contribution in [2.24, 2.45) is 0 Å². The summed E-state index contributed by atoms with van der Waals surface area (Å²) in [5.41, 5.74) is 3.07. The van der Waals surface area contributed by atoms with Gasteiger partial charge in [-0.3, -0.25) is 9.89 Å². The molecular formula is C15H20N4O2. The van der Waals surface area contributed by atoms with E-state index in [9.17, 15) is 4.79 Å². The summed E-state index contributed by atoms with van der Waals surface area (Å²) in [6, 6.07) is 1.99. The summed E-state index contributed by atoms with van der Waals surface area (Å²) in [6.07, 6.45) is 3.97. The normalized spacial score (nSPS) is 18.4. The van der Waals surface area contributed by atoms with Gasteiger partial charge in [-0.05, 0) is 32.8 Å². The third kappa shape index (κ3) is 2.84. The summed E-state index contributed by atoms with van der Waals surface area (Å²) in [6.45, 7) is 5.41. The van der Waals surface area contributed by atoms with Gasteiger partial charge in [0.2, 0.25) is 5.91 Å². The Morgan fingerprint density at radius 2 is 2.38 bits per heavy atom. The molecule has 1 fully saturated rings. The number of amides is 1. The highest BCUT2D eigenvalue weighted by atomic mass is 16.5. The molecule has 6 heteroatoms. The second-order valence-electron chi connectivity index (χ2n) is 5.64. The van der Waals surface area contributed by atoms with Crippen molar-refractivity contribution in [2.45, 2.75) is 39.0 Å². The van der Waals surface area contributed by atoms with Crippen LogP contribution in [0.25, 0.3) is 0 Å². The van der Waals surface area contributed by atoms with E-state index < -0.39 is 0 Å². The number of aromatic nitrogens is 3. The van der Waals surface area contributed by atoms with Crippen molar-refractivity contribution in [1.82, 2.24) is 20.3 Å². The summed E-state index contributed by atoms with van der Waals surface area (Å²) < 4.78 is 5.13. The molecule has 1 aliphatic heterocycles. The number of likely N-dealkylation sites (tertiary alicyclic amines) is 1. The van der Waals surface area contributed by atoms with E-state index in [2.05, 4.69) is 15.4 Å². The number of carbonyl (C=O) groups is 1. The van der Waals surface area contributed by atoms with Crippen molar-refractivity contribution >= 4 is 5.91 Å². The number of H-pyrrole nitrogens is 1. The minimum atomic E-state index is 0.206. The van der Waals surface area contributed by atoms with Gasteiger partial charge in [0, 0.05) is 42.9 Å². The number of aryl methyl sites for hydroxylation is 2. The molecule has 0 spiro atoms. The Balaban J connectivity index is 1.55. The van der Waals surface area contributed by atoms with Gasteiger partial charge in [-0.1, -0.05) is 5.16 Å². The van der Waals surface area contributed by atoms with Crippen molar-refractivity contribution in [2.75, 3.05) is 13.1 Å². The van der Waals surface area contributed by atoms with Gasteiger partial charge in [-0.15, -0.1) is 0 Å². The van der Waals surface area contributed by atoms with Crippen molar-refractivity contribution in [3.8, 4) is 0 Å². The first-order chi connectivity index (χ1) is 10.1. The lowest BCUT2D eigenvalue weighted by Gasteiger charge is -2.16. The van der Waals surface area contributed by atoms with Crippen molar-refractivity contribution in [3.05, 3.63) is 35.0 Å². The highest BCUT2D eigenvalue weighted by Gasteiger charge is 2.28. The van der Waals surface area contributed by atoms with Gasteiger partial charge in [0.05, 0.1) is 5.69 Å². The van der Waals surface area contributed by atoms with Gasteiger partial charge in [0.1, 0.15) is 5.76 Å². The molecule has 0 aliphatic carbocycles. The zero-order chi connectivity index (χ0) is 14.8. The second kappa shape index (κ2) is 5.71. The minimum Gasteiger partial charge on any atom is -0.361 e. The Labute approximate surface area is 123 Å². The topological polar surface area (TPSA) is 75.0 Å². The SMILES string of the molecule is Cc1noc(C)c1CCC(=O)N1CCC(c2ccn[nH]2)C1. The molecule has 3 heterocycles. The first-order valence-electron chi connectivity index (χ1n) is 7.34. The average Bonchev–Trinajstić information content (AvgIpc) is 3.18. The molecule has 0 radical (unpaired) electrons. The third-order valence-corrected chi connectivity index (χ3v) is 4.27. The van der Waals surface area contributed by atoms with Crippen LogP contribution >= 0.6 is 0 Å². The number of hydrogen-bond donors (Lipinski definition) is 1. The fourth-order valence-electron chi connectivity index (χ4n) is 2.98. The van der Waals surface area contributed by atoms with Crippen LogP contribution in [0.1, 0.15) is 41.5 Å². The number of hydrogen-bond acceptors (Lipinski definition) is 4. The molecule has 1 amide bonds. The van der Waals surface area contributed by atoms with Crippen molar-refractivity contribution in [3.63, 3.8) is 0 Å². The number of rotatable bonds is 4. The molecule has 1 unspecified atom stereocenters. The van der Waals surface area contributed by atoms with Crippen LogP contribution in [-0.2, 0) is 11.2 Å². The van der Waals surface area contributed by atoms with Crippen LogP contribution in [0.2, 0.25) is 0 Å². The lowest BCUT2D eigenvalue weighted by molar-refractivity contribution is -0.130. The Hall–Kier alpha value is -2.11. The van der Waals surface area contributed by atoms with Crippen LogP contribution in [0.3, 0.4) is 0 Å².